The molecule has 2 atom stereocenters. The van der Waals surface area contributed by atoms with E-state index in [-0.39, 0.29) is 5.56 Å². The lowest BCUT2D eigenvalue weighted by atomic mass is 10.1. The Bertz CT molecular complexity index is 571. The predicted octanol–water partition coefficient (Wildman–Crippen LogP) is 1.68. The van der Waals surface area contributed by atoms with E-state index in [9.17, 15) is 26.4 Å². The van der Waals surface area contributed by atoms with Crippen molar-refractivity contribution < 1.29 is 31.5 Å². The minimum atomic E-state index is -4.98. The lowest BCUT2D eigenvalue weighted by Crippen LogP contribution is -2.44. The van der Waals surface area contributed by atoms with Gasteiger partial charge in [0.25, 0.3) is 0 Å². The van der Waals surface area contributed by atoms with Gasteiger partial charge in [0.15, 0.2) is 5.25 Å². The monoisotopic (exact) mass is 311 g/mol. The number of sulfonamides is 1. The topological polar surface area (TPSA) is 83.5 Å². The van der Waals surface area contributed by atoms with Crippen LogP contribution in [0.1, 0.15) is 18.5 Å². The first-order valence-electron chi connectivity index (χ1n) is 5.41. The van der Waals surface area contributed by atoms with Crippen molar-refractivity contribution in [3.05, 3.63) is 35.9 Å². The van der Waals surface area contributed by atoms with Gasteiger partial charge in [-0.05, 0) is 12.5 Å². The zero-order chi connectivity index (χ0) is 15.6. The zero-order valence-electron chi connectivity index (χ0n) is 10.3. The molecule has 0 aliphatic heterocycles. The Hall–Kier alpha value is -1.61. The van der Waals surface area contributed by atoms with Gasteiger partial charge in [-0.1, -0.05) is 30.3 Å². The minimum absolute atomic E-state index is 0.0398. The lowest BCUT2D eigenvalue weighted by molar-refractivity contribution is -0.139. The van der Waals surface area contributed by atoms with E-state index in [0.29, 0.717) is 6.92 Å². The van der Waals surface area contributed by atoms with Crippen molar-refractivity contribution in [1.29, 1.82) is 0 Å². The third-order valence-corrected chi connectivity index (χ3v) is 4.35. The number of alkyl halides is 3. The third kappa shape index (κ3) is 3.94. The van der Waals surface area contributed by atoms with Crippen LogP contribution in [0.15, 0.2) is 30.3 Å². The van der Waals surface area contributed by atoms with Gasteiger partial charge in [0, 0.05) is 0 Å². The zero-order valence-corrected chi connectivity index (χ0v) is 11.1. The molecular weight excluding hydrogens is 299 g/mol. The van der Waals surface area contributed by atoms with Crippen molar-refractivity contribution >= 4 is 16.0 Å². The highest BCUT2D eigenvalue weighted by atomic mass is 32.2. The summed E-state index contributed by atoms with van der Waals surface area (Å²) in [5.74, 6) is -1.59. The molecular formula is C11H12F3NO4S. The second kappa shape index (κ2) is 5.80. The summed E-state index contributed by atoms with van der Waals surface area (Å²) < 4.78 is 62.0. The summed E-state index contributed by atoms with van der Waals surface area (Å²) in [6.45, 7) is 0.451. The van der Waals surface area contributed by atoms with Crippen LogP contribution in [0.3, 0.4) is 0 Å². The van der Waals surface area contributed by atoms with E-state index in [1.54, 1.807) is 10.8 Å². The van der Waals surface area contributed by atoms with Gasteiger partial charge in [-0.15, -0.1) is 0 Å². The molecule has 0 aromatic heterocycles. The number of benzene rings is 1. The highest BCUT2D eigenvalue weighted by Gasteiger charge is 2.46. The van der Waals surface area contributed by atoms with Crippen LogP contribution in [0.25, 0.3) is 0 Å². The number of carbonyl (C=O) groups is 1. The van der Waals surface area contributed by atoms with E-state index in [2.05, 4.69) is 0 Å². The van der Waals surface area contributed by atoms with Crippen LogP contribution in [0.2, 0.25) is 0 Å². The van der Waals surface area contributed by atoms with Crippen LogP contribution in [-0.2, 0) is 14.8 Å². The second-order valence-electron chi connectivity index (χ2n) is 4.03. The fourth-order valence-electron chi connectivity index (χ4n) is 1.35. The number of aliphatic carboxylic acids is 1. The number of hydrogen-bond donors (Lipinski definition) is 2. The van der Waals surface area contributed by atoms with E-state index in [4.69, 9.17) is 5.11 Å². The molecule has 5 nitrogen and oxygen atoms in total. The van der Waals surface area contributed by atoms with Gasteiger partial charge < -0.3 is 5.11 Å². The number of carboxylic acids is 1. The van der Waals surface area contributed by atoms with Gasteiger partial charge >= 0.3 is 12.1 Å². The molecule has 0 radical (unpaired) electrons. The quantitative estimate of drug-likeness (QED) is 0.866. The maximum absolute atomic E-state index is 12.4. The molecule has 1 rings (SSSR count). The van der Waals surface area contributed by atoms with Crippen molar-refractivity contribution in [1.82, 2.24) is 4.72 Å². The van der Waals surface area contributed by atoms with Crippen molar-refractivity contribution in [2.24, 2.45) is 0 Å². The normalized spacial score (nSPS) is 15.6. The molecule has 0 saturated heterocycles. The smallest absolute Gasteiger partial charge is 0.406 e. The van der Waals surface area contributed by atoms with Crippen molar-refractivity contribution in [2.45, 2.75) is 24.4 Å². The van der Waals surface area contributed by atoms with E-state index in [0.717, 1.165) is 0 Å². The lowest BCUT2D eigenvalue weighted by Gasteiger charge is -2.20. The molecule has 1 aromatic carbocycles. The summed E-state index contributed by atoms with van der Waals surface area (Å²) in [6.07, 6.45) is -4.98. The number of nitrogens with one attached hydrogen (secondary N) is 1. The molecule has 0 saturated carbocycles. The Morgan fingerprint density at radius 3 is 2.15 bits per heavy atom. The SMILES string of the molecule is CC(C(F)(F)F)S(=O)(=O)N[C@H](C(=O)O)c1ccccc1. The summed E-state index contributed by atoms with van der Waals surface area (Å²) in [7, 11) is -4.87. The summed E-state index contributed by atoms with van der Waals surface area (Å²) in [5.41, 5.74) is 0.0398. The van der Waals surface area contributed by atoms with Crippen LogP contribution >= 0.6 is 0 Å². The number of halogens is 3. The Morgan fingerprint density at radius 1 is 1.25 bits per heavy atom. The van der Waals surface area contributed by atoms with Gasteiger partial charge in [0.1, 0.15) is 6.04 Å². The largest absolute Gasteiger partial charge is 0.480 e. The second-order valence-corrected chi connectivity index (χ2v) is 6.06. The van der Waals surface area contributed by atoms with Crippen LogP contribution < -0.4 is 4.72 Å². The molecule has 0 fully saturated rings. The fraction of sp³-hybridized carbons (Fsp3) is 0.364. The highest BCUT2D eigenvalue weighted by Crippen LogP contribution is 2.26. The van der Waals surface area contributed by atoms with Gasteiger partial charge in [-0.25, -0.2) is 8.42 Å². The molecule has 1 aromatic rings. The minimum Gasteiger partial charge on any atom is -0.480 e. The van der Waals surface area contributed by atoms with Crippen molar-refractivity contribution in [3.63, 3.8) is 0 Å². The first-order chi connectivity index (χ1) is 9.05. The van der Waals surface area contributed by atoms with E-state index < -0.39 is 33.5 Å². The fourth-order valence-corrected chi connectivity index (χ4v) is 2.47. The Kier molecular flexibility index (Phi) is 4.77. The number of hydrogen-bond acceptors (Lipinski definition) is 3. The van der Waals surface area contributed by atoms with Gasteiger partial charge in [0.05, 0.1) is 0 Å². The third-order valence-electron chi connectivity index (χ3n) is 2.59. The standard InChI is InChI=1S/C11H12F3NO4S/c1-7(11(12,13)14)20(18,19)15-9(10(16)17)8-5-3-2-4-6-8/h2-7,9,15H,1H3,(H,16,17)/t7?,9-/m0/s1. The first-order valence-corrected chi connectivity index (χ1v) is 6.96. The van der Waals surface area contributed by atoms with Crippen LogP contribution in [0, 0.1) is 0 Å². The highest BCUT2D eigenvalue weighted by molar-refractivity contribution is 7.90. The molecule has 112 valence electrons. The maximum atomic E-state index is 12.4. The summed E-state index contributed by atoms with van der Waals surface area (Å²) in [5, 5.41) is 6.26. The Labute approximate surface area is 113 Å². The summed E-state index contributed by atoms with van der Waals surface area (Å²) in [4.78, 5) is 11.0. The predicted molar refractivity (Wildman–Crippen MR) is 64.4 cm³/mol. The molecule has 0 aliphatic rings. The molecule has 0 spiro atoms. The van der Waals surface area contributed by atoms with E-state index >= 15 is 0 Å². The van der Waals surface area contributed by atoms with E-state index in [1.165, 1.54) is 24.3 Å². The van der Waals surface area contributed by atoms with Crippen LogP contribution in [0.5, 0.6) is 0 Å². The molecule has 0 amide bonds. The molecule has 0 aliphatic carbocycles. The van der Waals surface area contributed by atoms with Gasteiger partial charge in [-0.3, -0.25) is 4.79 Å². The summed E-state index contributed by atoms with van der Waals surface area (Å²) in [6, 6.07) is 5.31. The summed E-state index contributed by atoms with van der Waals surface area (Å²) >= 11 is 0. The molecule has 2 N–H and O–H groups in total. The average molecular weight is 311 g/mol. The Balaban J connectivity index is 3.07. The van der Waals surface area contributed by atoms with E-state index in [1.807, 2.05) is 0 Å². The molecule has 1 unspecified atom stereocenters. The first kappa shape index (κ1) is 16.4. The average Bonchev–Trinajstić information content (AvgIpc) is 2.34. The molecule has 9 heteroatoms. The Morgan fingerprint density at radius 2 is 1.75 bits per heavy atom. The van der Waals surface area contributed by atoms with Crippen LogP contribution in [0.4, 0.5) is 13.2 Å². The number of carboxylic acid groups (broad SMARTS) is 1. The molecule has 20 heavy (non-hydrogen) atoms. The number of rotatable bonds is 5. The molecule has 0 heterocycles. The van der Waals surface area contributed by atoms with Crippen molar-refractivity contribution in [3.8, 4) is 0 Å². The molecule has 0 bridgehead atoms. The van der Waals surface area contributed by atoms with Gasteiger partial charge in [-0.2, -0.15) is 17.9 Å². The van der Waals surface area contributed by atoms with Gasteiger partial charge in [0.2, 0.25) is 10.0 Å². The van der Waals surface area contributed by atoms with Crippen molar-refractivity contribution in [2.75, 3.05) is 0 Å². The maximum Gasteiger partial charge on any atom is 0.406 e. The van der Waals surface area contributed by atoms with Crippen LogP contribution in [-0.4, -0.2) is 30.9 Å².